The lowest BCUT2D eigenvalue weighted by atomic mass is 10.1. The van der Waals surface area contributed by atoms with Crippen LogP contribution in [0.5, 0.6) is 0 Å². The van der Waals surface area contributed by atoms with Gasteiger partial charge in [-0.3, -0.25) is 4.90 Å². The molecule has 0 saturated carbocycles. The lowest BCUT2D eigenvalue weighted by molar-refractivity contribution is 0.246. The Morgan fingerprint density at radius 3 is 3.12 bits per heavy atom. The Labute approximate surface area is 151 Å². The summed E-state index contributed by atoms with van der Waals surface area (Å²) in [6.45, 7) is 2.12. The number of urea groups is 1. The largest absolute Gasteiger partial charge is 0.467 e. The third-order valence-electron chi connectivity index (χ3n) is 4.66. The van der Waals surface area contributed by atoms with Crippen LogP contribution in [0.1, 0.15) is 17.0 Å². The van der Waals surface area contributed by atoms with Crippen molar-refractivity contribution in [3.8, 4) is 0 Å². The zero-order valence-corrected chi connectivity index (χ0v) is 14.6. The molecule has 1 aliphatic heterocycles. The van der Waals surface area contributed by atoms with Crippen LogP contribution >= 0.6 is 0 Å². The molecule has 2 amide bonds. The number of carbonyl (C=O) groups is 1. The molecule has 0 atom stereocenters. The van der Waals surface area contributed by atoms with Crippen LogP contribution in [-0.2, 0) is 19.5 Å². The molecule has 0 saturated heterocycles. The molecule has 7 nitrogen and oxygen atoms in total. The van der Waals surface area contributed by atoms with Gasteiger partial charge >= 0.3 is 6.03 Å². The van der Waals surface area contributed by atoms with Crippen LogP contribution in [0, 0.1) is 0 Å². The molecule has 0 radical (unpaired) electrons. The minimum absolute atomic E-state index is 0.167. The summed E-state index contributed by atoms with van der Waals surface area (Å²) in [5, 5.41) is 2.86. The molecule has 0 unspecified atom stereocenters. The number of benzene rings is 1. The van der Waals surface area contributed by atoms with Crippen molar-refractivity contribution in [2.45, 2.75) is 19.5 Å². The molecule has 1 aromatic carbocycles. The van der Waals surface area contributed by atoms with Gasteiger partial charge in [-0.05, 0) is 36.2 Å². The lowest BCUT2D eigenvalue weighted by Gasteiger charge is -2.22. The van der Waals surface area contributed by atoms with Crippen molar-refractivity contribution in [2.75, 3.05) is 23.4 Å². The van der Waals surface area contributed by atoms with Gasteiger partial charge in [-0.2, -0.15) is 0 Å². The van der Waals surface area contributed by atoms with Crippen LogP contribution in [0.15, 0.2) is 53.5 Å². The summed E-state index contributed by atoms with van der Waals surface area (Å²) >= 11 is 0. The highest BCUT2D eigenvalue weighted by Gasteiger charge is 2.21. The van der Waals surface area contributed by atoms with Crippen LogP contribution in [0.3, 0.4) is 0 Å². The van der Waals surface area contributed by atoms with Crippen molar-refractivity contribution in [1.29, 1.82) is 0 Å². The number of fused-ring (bicyclic) bond motifs is 1. The molecule has 7 heteroatoms. The van der Waals surface area contributed by atoms with Crippen molar-refractivity contribution in [2.24, 2.45) is 0 Å². The van der Waals surface area contributed by atoms with Gasteiger partial charge in [-0.25, -0.2) is 9.78 Å². The predicted octanol–water partition coefficient (Wildman–Crippen LogP) is 2.91. The van der Waals surface area contributed by atoms with Crippen LogP contribution in [0.4, 0.5) is 16.2 Å². The molecule has 2 aromatic heterocycles. The van der Waals surface area contributed by atoms with Crippen LogP contribution < -0.4 is 15.1 Å². The number of nitrogens with one attached hydrogen (secondary N) is 2. The van der Waals surface area contributed by atoms with Gasteiger partial charge in [0.15, 0.2) is 0 Å². The summed E-state index contributed by atoms with van der Waals surface area (Å²) in [5.41, 5.74) is 4.41. The van der Waals surface area contributed by atoms with Gasteiger partial charge in [0.2, 0.25) is 0 Å². The quantitative estimate of drug-likeness (QED) is 0.741. The van der Waals surface area contributed by atoms with Gasteiger partial charge in [0.1, 0.15) is 5.76 Å². The highest BCUT2D eigenvalue weighted by molar-refractivity contribution is 5.92. The van der Waals surface area contributed by atoms with E-state index in [1.165, 1.54) is 11.3 Å². The molecular weight excluding hydrogens is 330 g/mol. The molecule has 4 rings (SSSR count). The highest BCUT2D eigenvalue weighted by Crippen LogP contribution is 2.32. The van der Waals surface area contributed by atoms with E-state index in [0.717, 1.165) is 36.7 Å². The highest BCUT2D eigenvalue weighted by atomic mass is 16.3. The average molecular weight is 351 g/mol. The lowest BCUT2D eigenvalue weighted by Crippen LogP contribution is -2.36. The number of imidazole rings is 1. The molecule has 0 spiro atoms. The monoisotopic (exact) mass is 351 g/mol. The van der Waals surface area contributed by atoms with Crippen molar-refractivity contribution in [3.63, 3.8) is 0 Å². The Hall–Kier alpha value is -3.22. The number of aromatic amines is 1. The number of hydrogen-bond acceptors (Lipinski definition) is 4. The van der Waals surface area contributed by atoms with Crippen molar-refractivity contribution in [1.82, 2.24) is 15.3 Å². The molecule has 2 N–H and O–H groups in total. The summed E-state index contributed by atoms with van der Waals surface area (Å²) in [5.74, 6) is 0.728. The number of hydrogen-bond donors (Lipinski definition) is 2. The molecule has 3 aromatic rings. The summed E-state index contributed by atoms with van der Waals surface area (Å²) in [4.78, 5) is 23.6. The number of amides is 2. The molecule has 0 aliphatic carbocycles. The molecular formula is C19H21N5O2. The first-order valence-electron chi connectivity index (χ1n) is 8.60. The number of nitrogens with zero attached hydrogens (tertiary/aromatic N) is 3. The fourth-order valence-electron chi connectivity index (χ4n) is 3.20. The second kappa shape index (κ2) is 6.95. The topological polar surface area (TPSA) is 77.4 Å². The van der Waals surface area contributed by atoms with Gasteiger partial charge in [-0.1, -0.05) is 6.07 Å². The summed E-state index contributed by atoms with van der Waals surface area (Å²) in [6, 6.07) is 9.65. The number of carbonyl (C=O) groups excluding carboxylic acids is 1. The Bertz CT molecular complexity index is 873. The van der Waals surface area contributed by atoms with Crippen molar-refractivity contribution >= 4 is 17.4 Å². The van der Waals surface area contributed by atoms with E-state index in [2.05, 4.69) is 32.3 Å². The minimum Gasteiger partial charge on any atom is -0.467 e. The van der Waals surface area contributed by atoms with Gasteiger partial charge in [0, 0.05) is 31.2 Å². The fraction of sp³-hybridized carbons (Fsp3) is 0.263. The van der Waals surface area contributed by atoms with E-state index in [1.807, 2.05) is 18.3 Å². The van der Waals surface area contributed by atoms with Gasteiger partial charge in [0.25, 0.3) is 0 Å². The van der Waals surface area contributed by atoms with Crippen LogP contribution in [0.2, 0.25) is 0 Å². The molecule has 1 aliphatic rings. The molecule has 0 fully saturated rings. The van der Waals surface area contributed by atoms with E-state index in [9.17, 15) is 4.79 Å². The van der Waals surface area contributed by atoms with E-state index in [1.54, 1.807) is 30.6 Å². The van der Waals surface area contributed by atoms with Crippen LogP contribution in [-0.4, -0.2) is 29.6 Å². The Balaban J connectivity index is 1.46. The maximum Gasteiger partial charge on any atom is 0.321 e. The molecule has 26 heavy (non-hydrogen) atoms. The zero-order chi connectivity index (χ0) is 17.9. The molecule has 0 bridgehead atoms. The fourth-order valence-corrected chi connectivity index (χ4v) is 3.20. The number of rotatable bonds is 5. The van der Waals surface area contributed by atoms with E-state index in [4.69, 9.17) is 4.42 Å². The maximum atomic E-state index is 12.4. The standard InChI is InChI=1S/C19H21N5O2/c1-23(19(25)21-11-17-3-2-8-26-17)16-5-4-14-6-7-24(18(14)9-16)12-15-10-20-13-22-15/h2-5,8-10,13H,6-7,11-12H2,1H3,(H,20,22)(H,21,25). The summed E-state index contributed by atoms with van der Waals surface area (Å²) in [7, 11) is 1.77. The Morgan fingerprint density at radius 1 is 1.42 bits per heavy atom. The Kier molecular flexibility index (Phi) is 4.35. The second-order valence-electron chi connectivity index (χ2n) is 6.36. The van der Waals surface area contributed by atoms with E-state index in [0.29, 0.717) is 6.54 Å². The van der Waals surface area contributed by atoms with Crippen LogP contribution in [0.25, 0.3) is 0 Å². The first-order chi connectivity index (χ1) is 12.7. The number of furan rings is 1. The van der Waals surface area contributed by atoms with Gasteiger partial charge in [0.05, 0.1) is 31.4 Å². The summed E-state index contributed by atoms with van der Waals surface area (Å²) < 4.78 is 5.25. The second-order valence-corrected chi connectivity index (χ2v) is 6.36. The first-order valence-corrected chi connectivity index (χ1v) is 8.60. The smallest absolute Gasteiger partial charge is 0.321 e. The third-order valence-corrected chi connectivity index (χ3v) is 4.66. The van der Waals surface area contributed by atoms with Gasteiger partial charge < -0.3 is 19.6 Å². The number of H-pyrrole nitrogens is 1. The number of anilines is 2. The zero-order valence-electron chi connectivity index (χ0n) is 14.6. The van der Waals surface area contributed by atoms with E-state index < -0.39 is 0 Å². The number of aromatic nitrogens is 2. The average Bonchev–Trinajstić information content (AvgIpc) is 3.42. The third kappa shape index (κ3) is 3.28. The predicted molar refractivity (Wildman–Crippen MR) is 99.1 cm³/mol. The summed E-state index contributed by atoms with van der Waals surface area (Å²) in [6.07, 6.45) is 6.15. The SMILES string of the molecule is CN(C(=O)NCc1ccco1)c1ccc2c(c1)N(Cc1cnc[nH]1)CC2. The van der Waals surface area contributed by atoms with E-state index >= 15 is 0 Å². The Morgan fingerprint density at radius 2 is 2.35 bits per heavy atom. The van der Waals surface area contributed by atoms with Gasteiger partial charge in [-0.15, -0.1) is 0 Å². The first kappa shape index (κ1) is 16.3. The van der Waals surface area contributed by atoms with Crippen molar-refractivity contribution < 1.29 is 9.21 Å². The molecule has 3 heterocycles. The minimum atomic E-state index is -0.167. The van der Waals surface area contributed by atoms with E-state index in [-0.39, 0.29) is 6.03 Å². The van der Waals surface area contributed by atoms with Crippen molar-refractivity contribution in [3.05, 3.63) is 66.1 Å². The molecule has 134 valence electrons. The normalized spacial score (nSPS) is 12.9. The maximum absolute atomic E-state index is 12.4.